The zero-order chi connectivity index (χ0) is 14.0. The van der Waals surface area contributed by atoms with Crippen LogP contribution >= 0.6 is 0 Å². The minimum absolute atomic E-state index is 0.0129. The van der Waals surface area contributed by atoms with Gasteiger partial charge in [0.2, 0.25) is 6.54 Å². The maximum atomic E-state index is 11.6. The van der Waals surface area contributed by atoms with Gasteiger partial charge >= 0.3 is 5.69 Å². The van der Waals surface area contributed by atoms with Crippen molar-refractivity contribution in [3.63, 3.8) is 0 Å². The summed E-state index contributed by atoms with van der Waals surface area (Å²) >= 11 is 0. The molecule has 8 nitrogen and oxygen atoms in total. The number of rotatable bonds is 3. The van der Waals surface area contributed by atoms with Crippen LogP contribution in [0.1, 0.15) is 6.23 Å². The van der Waals surface area contributed by atoms with Gasteiger partial charge in [-0.2, -0.15) is 0 Å². The third kappa shape index (κ3) is 2.44. The van der Waals surface area contributed by atoms with Gasteiger partial charge in [-0.3, -0.25) is 14.3 Å². The normalized spacial score (nSPS) is 30.2. The van der Waals surface area contributed by atoms with Gasteiger partial charge in [-0.15, -0.1) is 0 Å². The molecule has 2 rings (SSSR count). The molecule has 1 aromatic rings. The van der Waals surface area contributed by atoms with Crippen LogP contribution in [0.15, 0.2) is 21.9 Å². The Labute approximate surface area is 107 Å². The largest absolute Gasteiger partial charge is 0.394 e. The molecule has 8 heteroatoms. The average Bonchev–Trinajstić information content (AvgIpc) is 2.68. The molecule has 1 unspecified atom stereocenters. The van der Waals surface area contributed by atoms with Crippen molar-refractivity contribution in [2.45, 2.75) is 18.4 Å². The summed E-state index contributed by atoms with van der Waals surface area (Å²) in [5.74, 6) is -0.577. The highest BCUT2D eigenvalue weighted by Gasteiger charge is 2.46. The first-order chi connectivity index (χ1) is 9.08. The summed E-state index contributed by atoms with van der Waals surface area (Å²) in [5, 5.41) is 19.3. The summed E-state index contributed by atoms with van der Waals surface area (Å²) in [5.41, 5.74) is -1.26. The Bertz CT molecular complexity index is 601. The van der Waals surface area contributed by atoms with Gasteiger partial charge in [-0.05, 0) is 0 Å². The van der Waals surface area contributed by atoms with E-state index in [2.05, 4.69) is 9.83 Å². The van der Waals surface area contributed by atoms with Crippen molar-refractivity contribution in [3.05, 3.63) is 44.5 Å². The fourth-order valence-electron chi connectivity index (χ4n) is 2.16. The van der Waals surface area contributed by atoms with Crippen LogP contribution in [0.3, 0.4) is 0 Å². The summed E-state index contributed by atoms with van der Waals surface area (Å²) in [6, 6.07) is 1.13. The molecule has 4 atom stereocenters. The van der Waals surface area contributed by atoms with Crippen LogP contribution in [0.25, 0.3) is 4.85 Å². The third-order valence-electron chi connectivity index (χ3n) is 3.13. The molecule has 102 valence electrons. The Balaban J connectivity index is 2.34. The van der Waals surface area contributed by atoms with Crippen molar-refractivity contribution in [3.8, 4) is 0 Å². The Kier molecular flexibility index (Phi) is 3.80. The summed E-state index contributed by atoms with van der Waals surface area (Å²) < 4.78 is 6.43. The number of aromatic amines is 1. The molecule has 1 fully saturated rings. The van der Waals surface area contributed by atoms with Crippen LogP contribution in [0.4, 0.5) is 0 Å². The minimum atomic E-state index is -1.10. The molecule has 3 N–H and O–H groups in total. The molecule has 0 radical (unpaired) electrons. The lowest BCUT2D eigenvalue weighted by Crippen LogP contribution is -2.36. The van der Waals surface area contributed by atoms with Crippen molar-refractivity contribution >= 4 is 0 Å². The topological polar surface area (TPSA) is 109 Å². The van der Waals surface area contributed by atoms with E-state index in [9.17, 15) is 19.8 Å². The van der Waals surface area contributed by atoms with Crippen LogP contribution < -0.4 is 11.2 Å². The smallest absolute Gasteiger partial charge is 0.330 e. The van der Waals surface area contributed by atoms with E-state index in [1.807, 2.05) is 0 Å². The van der Waals surface area contributed by atoms with Crippen molar-refractivity contribution in [1.29, 1.82) is 0 Å². The molecule has 0 spiro atoms. The van der Waals surface area contributed by atoms with Crippen molar-refractivity contribution < 1.29 is 14.9 Å². The summed E-state index contributed by atoms with van der Waals surface area (Å²) in [6.45, 7) is 6.46. The molecule has 1 saturated heterocycles. The molecule has 19 heavy (non-hydrogen) atoms. The van der Waals surface area contributed by atoms with Gasteiger partial charge < -0.3 is 19.8 Å². The van der Waals surface area contributed by atoms with Gasteiger partial charge in [0.1, 0.15) is 6.10 Å². The molecule has 2 heterocycles. The second-order valence-electron chi connectivity index (χ2n) is 4.26. The van der Waals surface area contributed by atoms with Crippen molar-refractivity contribution in [1.82, 2.24) is 9.55 Å². The first kappa shape index (κ1) is 13.5. The summed E-state index contributed by atoms with van der Waals surface area (Å²) in [6.07, 6.45) is -1.62. The molecular formula is C11H13N3O5. The number of nitrogens with zero attached hydrogens (tertiary/aromatic N) is 2. The van der Waals surface area contributed by atoms with E-state index < -0.39 is 35.6 Å². The highest BCUT2D eigenvalue weighted by atomic mass is 16.5. The van der Waals surface area contributed by atoms with E-state index in [1.165, 1.54) is 6.20 Å². The third-order valence-corrected chi connectivity index (χ3v) is 3.13. The number of ether oxygens (including phenoxy) is 1. The van der Waals surface area contributed by atoms with Crippen LogP contribution in [0, 0.1) is 12.5 Å². The zero-order valence-electron chi connectivity index (χ0n) is 9.89. The molecule has 1 aliphatic heterocycles. The fraction of sp³-hybridized carbons (Fsp3) is 0.545. The number of aliphatic hydroxyl groups is 2. The predicted octanol–water partition coefficient (Wildman–Crippen LogP) is -1.68. The van der Waals surface area contributed by atoms with Crippen LogP contribution in [0.2, 0.25) is 0 Å². The van der Waals surface area contributed by atoms with Crippen molar-refractivity contribution in [2.75, 3.05) is 13.2 Å². The number of aromatic nitrogens is 2. The molecule has 0 amide bonds. The molecule has 1 aromatic heterocycles. The van der Waals surface area contributed by atoms with Gasteiger partial charge in [-0.25, -0.2) is 11.4 Å². The lowest BCUT2D eigenvalue weighted by Gasteiger charge is -2.16. The Morgan fingerprint density at radius 1 is 1.53 bits per heavy atom. The molecule has 0 saturated carbocycles. The van der Waals surface area contributed by atoms with E-state index in [0.717, 1.165) is 10.6 Å². The quantitative estimate of drug-likeness (QED) is 0.567. The Hall–Kier alpha value is -1.95. The molecular weight excluding hydrogens is 254 g/mol. The van der Waals surface area contributed by atoms with Gasteiger partial charge in [0.15, 0.2) is 6.23 Å². The SMILES string of the molecule is [C-]#[N+]C[C@@H]1[C@@H](CO)OC(n2ccc(=O)[nH]c2=O)[C@@H]1O. The van der Waals surface area contributed by atoms with Gasteiger partial charge in [0.05, 0.1) is 18.6 Å². The summed E-state index contributed by atoms with van der Waals surface area (Å²) in [7, 11) is 0. The first-order valence-corrected chi connectivity index (χ1v) is 5.67. The number of hydrogen-bond acceptors (Lipinski definition) is 5. The number of nitrogens with one attached hydrogen (secondary N) is 1. The van der Waals surface area contributed by atoms with Gasteiger partial charge in [-0.1, -0.05) is 0 Å². The highest BCUT2D eigenvalue weighted by Crippen LogP contribution is 2.33. The van der Waals surface area contributed by atoms with E-state index in [0.29, 0.717) is 0 Å². The number of H-pyrrole nitrogens is 1. The maximum Gasteiger partial charge on any atom is 0.330 e. The standard InChI is InChI=1S/C11H13N3O5/c1-12-4-6-7(5-15)19-10(9(6)17)14-3-2-8(16)13-11(14)18/h2-3,6-7,9-10,15,17H,4-5H2,(H,13,16,18)/t6-,7-,9-,10?/m1/s1. The molecule has 1 aliphatic rings. The van der Waals surface area contributed by atoms with Crippen LogP contribution in [-0.2, 0) is 4.74 Å². The maximum absolute atomic E-state index is 11.6. The number of hydrogen-bond donors (Lipinski definition) is 3. The van der Waals surface area contributed by atoms with E-state index >= 15 is 0 Å². The van der Waals surface area contributed by atoms with Gasteiger partial charge in [0.25, 0.3) is 5.56 Å². The molecule has 0 aromatic carbocycles. The Morgan fingerprint density at radius 3 is 2.84 bits per heavy atom. The fourth-order valence-corrected chi connectivity index (χ4v) is 2.16. The lowest BCUT2D eigenvalue weighted by molar-refractivity contribution is -0.0534. The molecule has 0 bridgehead atoms. The lowest BCUT2D eigenvalue weighted by atomic mass is 9.98. The van der Waals surface area contributed by atoms with Crippen LogP contribution in [0.5, 0.6) is 0 Å². The Morgan fingerprint density at radius 2 is 2.26 bits per heavy atom. The summed E-state index contributed by atoms with van der Waals surface area (Å²) in [4.78, 5) is 27.8. The van der Waals surface area contributed by atoms with E-state index in [1.54, 1.807) is 0 Å². The predicted molar refractivity (Wildman–Crippen MR) is 63.3 cm³/mol. The average molecular weight is 267 g/mol. The highest BCUT2D eigenvalue weighted by molar-refractivity contribution is 4.95. The van der Waals surface area contributed by atoms with Crippen molar-refractivity contribution in [2.24, 2.45) is 5.92 Å². The second kappa shape index (κ2) is 5.36. The molecule has 0 aliphatic carbocycles. The minimum Gasteiger partial charge on any atom is -0.394 e. The second-order valence-corrected chi connectivity index (χ2v) is 4.26. The van der Waals surface area contributed by atoms with E-state index in [4.69, 9.17) is 11.3 Å². The van der Waals surface area contributed by atoms with E-state index in [-0.39, 0.29) is 13.2 Å². The van der Waals surface area contributed by atoms with Gasteiger partial charge in [0, 0.05) is 12.3 Å². The first-order valence-electron chi connectivity index (χ1n) is 5.67. The number of aliphatic hydroxyl groups excluding tert-OH is 2. The monoisotopic (exact) mass is 267 g/mol. The van der Waals surface area contributed by atoms with Crippen LogP contribution in [-0.4, -0.2) is 45.1 Å². The zero-order valence-corrected chi connectivity index (χ0v) is 9.89.